The highest BCUT2D eigenvalue weighted by Crippen LogP contribution is 2.20. The molecule has 0 radical (unpaired) electrons. The summed E-state index contributed by atoms with van der Waals surface area (Å²) in [5.74, 6) is -0.954. The van der Waals surface area contributed by atoms with Gasteiger partial charge in [-0.1, -0.05) is 24.3 Å². The van der Waals surface area contributed by atoms with Crippen LogP contribution in [0, 0.1) is 0 Å². The lowest BCUT2D eigenvalue weighted by molar-refractivity contribution is 0.0696. The Morgan fingerprint density at radius 2 is 1.17 bits per heavy atom. The first-order valence-corrected chi connectivity index (χ1v) is 5.59. The van der Waals surface area contributed by atoms with E-state index in [2.05, 4.69) is 0 Å². The Balaban J connectivity index is 2.31. The summed E-state index contributed by atoms with van der Waals surface area (Å²) in [6.07, 6.45) is 0. The molecule has 2 aromatic carbocycles. The molecule has 0 atom stereocenters. The third kappa shape index (κ3) is 2.57. The predicted octanol–water partition coefficient (Wildman–Crippen LogP) is 3.43. The molecule has 0 saturated carbocycles. The maximum absolute atomic E-state index is 10.9. The van der Waals surface area contributed by atoms with Gasteiger partial charge in [0.05, 0.1) is 5.56 Å². The Bertz CT molecular complexity index is 530. The molecule has 0 aliphatic heterocycles. The molecule has 0 fully saturated rings. The highest BCUT2D eigenvalue weighted by molar-refractivity contribution is 6.67. The molecule has 0 spiro atoms. The van der Waals surface area contributed by atoms with Gasteiger partial charge in [0.2, 0.25) is 0 Å². The van der Waals surface area contributed by atoms with Crippen molar-refractivity contribution in [2.45, 2.75) is 0 Å². The van der Waals surface area contributed by atoms with E-state index in [0.717, 1.165) is 11.1 Å². The van der Waals surface area contributed by atoms with Gasteiger partial charge in [-0.05, 0) is 47.0 Å². The Labute approximate surface area is 109 Å². The van der Waals surface area contributed by atoms with Crippen LogP contribution in [0.5, 0.6) is 0 Å². The van der Waals surface area contributed by atoms with Crippen molar-refractivity contribution < 1.29 is 14.7 Å². The lowest BCUT2D eigenvalue weighted by atomic mass is 10.0. The molecule has 2 rings (SSSR count). The normalized spacial score (nSPS) is 10.1. The van der Waals surface area contributed by atoms with Crippen LogP contribution in [-0.2, 0) is 0 Å². The molecule has 0 unspecified atom stereocenters. The van der Waals surface area contributed by atoms with Crippen molar-refractivity contribution in [3.8, 4) is 11.1 Å². The summed E-state index contributed by atoms with van der Waals surface area (Å²) >= 11 is 5.35. The first kappa shape index (κ1) is 12.3. The Kier molecular flexibility index (Phi) is 3.44. The zero-order valence-corrected chi connectivity index (χ0v) is 10.0. The van der Waals surface area contributed by atoms with Crippen LogP contribution in [0.2, 0.25) is 0 Å². The number of halogens is 1. The lowest BCUT2D eigenvalue weighted by Crippen LogP contribution is -1.95. The van der Waals surface area contributed by atoms with Crippen LogP contribution in [0.15, 0.2) is 48.5 Å². The monoisotopic (exact) mass is 260 g/mol. The molecule has 0 aromatic heterocycles. The van der Waals surface area contributed by atoms with Crippen LogP contribution in [0.1, 0.15) is 20.7 Å². The van der Waals surface area contributed by atoms with Crippen molar-refractivity contribution in [2.75, 3.05) is 0 Å². The highest BCUT2D eigenvalue weighted by atomic mass is 35.5. The fraction of sp³-hybridized carbons (Fsp3) is 0. The summed E-state index contributed by atoms with van der Waals surface area (Å²) in [5.41, 5.74) is 2.45. The largest absolute Gasteiger partial charge is 0.478 e. The van der Waals surface area contributed by atoms with Gasteiger partial charge in [-0.2, -0.15) is 0 Å². The molecule has 0 aliphatic carbocycles. The van der Waals surface area contributed by atoms with Crippen molar-refractivity contribution in [1.82, 2.24) is 0 Å². The van der Waals surface area contributed by atoms with Crippen LogP contribution in [0.25, 0.3) is 11.1 Å². The van der Waals surface area contributed by atoms with E-state index in [4.69, 9.17) is 16.7 Å². The Morgan fingerprint density at radius 1 is 0.778 bits per heavy atom. The molecule has 0 bridgehead atoms. The molecule has 18 heavy (non-hydrogen) atoms. The van der Waals surface area contributed by atoms with Gasteiger partial charge in [0.1, 0.15) is 0 Å². The molecule has 90 valence electrons. The van der Waals surface area contributed by atoms with E-state index in [1.807, 2.05) is 0 Å². The summed E-state index contributed by atoms with van der Waals surface area (Å²) in [6.45, 7) is 0. The van der Waals surface area contributed by atoms with Gasteiger partial charge >= 0.3 is 5.97 Å². The minimum Gasteiger partial charge on any atom is -0.478 e. The third-order valence-corrected chi connectivity index (χ3v) is 2.80. The van der Waals surface area contributed by atoms with E-state index in [1.54, 1.807) is 36.4 Å². The lowest BCUT2D eigenvalue weighted by Gasteiger charge is -2.03. The average molecular weight is 261 g/mol. The fourth-order valence-electron chi connectivity index (χ4n) is 1.60. The summed E-state index contributed by atoms with van der Waals surface area (Å²) in [6, 6.07) is 13.3. The fourth-order valence-corrected chi connectivity index (χ4v) is 1.72. The standard InChI is InChI=1S/C14H9ClO3/c15-13(16)11-5-1-9(2-6-11)10-3-7-12(8-4-10)14(17)18/h1-8H,(H,17,18). The summed E-state index contributed by atoms with van der Waals surface area (Å²) < 4.78 is 0. The molecule has 0 amide bonds. The van der Waals surface area contributed by atoms with Gasteiger partial charge in [-0.3, -0.25) is 4.79 Å². The van der Waals surface area contributed by atoms with E-state index < -0.39 is 11.2 Å². The van der Waals surface area contributed by atoms with Gasteiger partial charge in [-0.25, -0.2) is 4.79 Å². The van der Waals surface area contributed by atoms with Gasteiger partial charge in [0, 0.05) is 5.56 Å². The Morgan fingerprint density at radius 3 is 1.50 bits per heavy atom. The summed E-state index contributed by atoms with van der Waals surface area (Å²) in [4.78, 5) is 21.6. The number of carbonyl (C=O) groups excluding carboxylic acids is 1. The molecule has 0 aliphatic rings. The molecule has 1 N–H and O–H groups in total. The van der Waals surface area contributed by atoms with E-state index in [0.29, 0.717) is 5.56 Å². The van der Waals surface area contributed by atoms with Crippen molar-refractivity contribution >= 4 is 22.8 Å². The summed E-state index contributed by atoms with van der Waals surface area (Å²) in [5, 5.41) is 8.29. The predicted molar refractivity (Wildman–Crippen MR) is 69.0 cm³/mol. The number of hydrogen-bond acceptors (Lipinski definition) is 2. The van der Waals surface area contributed by atoms with Crippen LogP contribution in [0.3, 0.4) is 0 Å². The minimum absolute atomic E-state index is 0.242. The Hall–Kier alpha value is -2.13. The van der Waals surface area contributed by atoms with Crippen molar-refractivity contribution in [3.05, 3.63) is 59.7 Å². The second-order valence-electron chi connectivity index (χ2n) is 3.73. The smallest absolute Gasteiger partial charge is 0.335 e. The average Bonchev–Trinajstić information content (AvgIpc) is 2.39. The second-order valence-corrected chi connectivity index (χ2v) is 4.08. The van der Waals surface area contributed by atoms with Crippen LogP contribution < -0.4 is 0 Å². The number of carbonyl (C=O) groups is 2. The molecular weight excluding hydrogens is 252 g/mol. The molecule has 0 heterocycles. The zero-order valence-electron chi connectivity index (χ0n) is 9.26. The van der Waals surface area contributed by atoms with Gasteiger partial charge in [0.15, 0.2) is 0 Å². The van der Waals surface area contributed by atoms with E-state index in [-0.39, 0.29) is 5.56 Å². The second kappa shape index (κ2) is 5.02. The quantitative estimate of drug-likeness (QED) is 0.860. The van der Waals surface area contributed by atoms with Crippen LogP contribution >= 0.6 is 11.6 Å². The van der Waals surface area contributed by atoms with Gasteiger partial charge < -0.3 is 5.11 Å². The number of carboxylic acids is 1. The number of aromatic carboxylic acids is 1. The first-order valence-electron chi connectivity index (χ1n) is 5.21. The molecule has 3 nitrogen and oxygen atoms in total. The molecular formula is C14H9ClO3. The molecule has 2 aromatic rings. The first-order chi connectivity index (χ1) is 8.58. The number of carboxylic acid groups (broad SMARTS) is 1. The molecule has 0 saturated heterocycles. The van der Waals surface area contributed by atoms with Crippen LogP contribution in [0.4, 0.5) is 0 Å². The van der Waals surface area contributed by atoms with E-state index in [1.165, 1.54) is 12.1 Å². The maximum Gasteiger partial charge on any atom is 0.335 e. The SMILES string of the molecule is O=C(O)c1ccc(-c2ccc(C(=O)Cl)cc2)cc1. The number of hydrogen-bond donors (Lipinski definition) is 1. The zero-order chi connectivity index (χ0) is 13.1. The molecule has 4 heteroatoms. The van der Waals surface area contributed by atoms with Crippen molar-refractivity contribution in [2.24, 2.45) is 0 Å². The maximum atomic E-state index is 10.9. The number of benzene rings is 2. The summed E-state index contributed by atoms with van der Waals surface area (Å²) in [7, 11) is 0. The van der Waals surface area contributed by atoms with Crippen molar-refractivity contribution in [1.29, 1.82) is 0 Å². The van der Waals surface area contributed by atoms with Crippen LogP contribution in [-0.4, -0.2) is 16.3 Å². The van der Waals surface area contributed by atoms with Gasteiger partial charge in [-0.15, -0.1) is 0 Å². The van der Waals surface area contributed by atoms with Crippen molar-refractivity contribution in [3.63, 3.8) is 0 Å². The van der Waals surface area contributed by atoms with Gasteiger partial charge in [0.25, 0.3) is 5.24 Å². The third-order valence-electron chi connectivity index (χ3n) is 2.58. The minimum atomic E-state index is -0.954. The number of rotatable bonds is 3. The highest BCUT2D eigenvalue weighted by Gasteiger charge is 2.04. The topological polar surface area (TPSA) is 54.4 Å². The van der Waals surface area contributed by atoms with E-state index >= 15 is 0 Å². The van der Waals surface area contributed by atoms with E-state index in [9.17, 15) is 9.59 Å².